The fourth-order valence-corrected chi connectivity index (χ4v) is 9.98. The fourth-order valence-electron chi connectivity index (χ4n) is 9.98. The Balaban J connectivity index is 1.68. The molecule has 1 aromatic carbocycles. The SMILES string of the molecule is C=C[C@H]1CN=C2[C@H](C)C[C@@](C)(OC)[C@H]([C@@H]3O[C@H](C)C[C@H](N(C)C)[C@H]3OC(=O)c3ccccc3)[C@@H](C)C(=O)[C@@H](C)C(=O)OC(CC)[C@@]3(C)OC(=O)N1[C@@H]3[C@H]2C. The van der Waals surface area contributed by atoms with E-state index in [1.807, 2.05) is 59.7 Å². The first-order valence-corrected chi connectivity index (χ1v) is 19.5. The first-order chi connectivity index (χ1) is 25.4. The van der Waals surface area contributed by atoms with E-state index in [-0.39, 0.29) is 36.3 Å². The fraction of sp³-hybridized carbons (Fsp3) is 0.690. The van der Waals surface area contributed by atoms with Gasteiger partial charge in [-0.2, -0.15) is 0 Å². The number of likely N-dealkylation sites (N-methyl/N-ethyl adjacent to an activating group) is 1. The minimum absolute atomic E-state index is 0.209. The number of nitrogens with zero attached hydrogens (tertiary/aromatic N) is 3. The van der Waals surface area contributed by atoms with Crippen LogP contribution in [-0.2, 0) is 33.3 Å². The zero-order valence-electron chi connectivity index (χ0n) is 33.9. The number of rotatable bonds is 7. The number of benzene rings is 1. The molecule has 2 bridgehead atoms. The molecule has 12 nitrogen and oxygen atoms in total. The predicted molar refractivity (Wildman–Crippen MR) is 204 cm³/mol. The number of amides is 1. The second-order valence-corrected chi connectivity index (χ2v) is 16.6. The summed E-state index contributed by atoms with van der Waals surface area (Å²) in [4.78, 5) is 65.2. The highest BCUT2D eigenvalue weighted by molar-refractivity contribution is 6.00. The van der Waals surface area contributed by atoms with E-state index in [1.165, 1.54) is 0 Å². The molecule has 0 radical (unpaired) electrons. The highest BCUT2D eigenvalue weighted by Gasteiger charge is 2.62. The number of ketones is 1. The van der Waals surface area contributed by atoms with Crippen molar-refractivity contribution < 1.29 is 42.9 Å². The maximum atomic E-state index is 14.7. The number of carbonyl (C=O) groups excluding carboxylic acids is 4. The van der Waals surface area contributed by atoms with Crippen LogP contribution in [0.3, 0.4) is 0 Å². The Hall–Kier alpha value is -3.61. The molecule has 14 atom stereocenters. The molecule has 4 aliphatic rings. The zero-order valence-corrected chi connectivity index (χ0v) is 33.9. The maximum Gasteiger partial charge on any atom is 0.411 e. The molecule has 0 aromatic heterocycles. The third kappa shape index (κ3) is 7.50. The van der Waals surface area contributed by atoms with Crippen LogP contribution in [0.4, 0.5) is 4.79 Å². The van der Waals surface area contributed by atoms with Gasteiger partial charge in [0.25, 0.3) is 0 Å². The number of fused-ring (bicyclic) bond motifs is 1. The zero-order chi connectivity index (χ0) is 39.9. The van der Waals surface area contributed by atoms with E-state index >= 15 is 0 Å². The lowest BCUT2D eigenvalue weighted by atomic mass is 9.66. The molecule has 4 aliphatic heterocycles. The van der Waals surface area contributed by atoms with Crippen molar-refractivity contribution in [3.8, 4) is 0 Å². The van der Waals surface area contributed by atoms with Crippen molar-refractivity contribution in [2.45, 2.75) is 128 Å². The lowest BCUT2D eigenvalue weighted by molar-refractivity contribution is -0.211. The lowest BCUT2D eigenvalue weighted by Gasteiger charge is -2.52. The van der Waals surface area contributed by atoms with Crippen LogP contribution in [-0.4, -0.2) is 121 Å². The van der Waals surface area contributed by atoms with Gasteiger partial charge in [0, 0.05) is 30.6 Å². The standard InChI is InChI=1S/C42H61N3O9/c1-13-29-22-43-33-23(3)21-41(8,50-12)32(36-35(30(44(10)11)20-24(4)51-36)53-39(48)28-18-16-15-17-19-28)25(5)34(46)27(7)38(47)52-31(14-2)42(9)37(26(33)6)45(29)40(49)54-42/h13,15-19,23-27,29-32,35-37H,1,14,20-22H2,2-12H3/t23-,24-,25-,26+,27-,29+,30+,31?,32+,35-,36+,37-,41-,42-/m1/s1. The van der Waals surface area contributed by atoms with Gasteiger partial charge in [-0.1, -0.05) is 52.0 Å². The van der Waals surface area contributed by atoms with Crippen LogP contribution in [0.15, 0.2) is 48.0 Å². The Labute approximate surface area is 320 Å². The van der Waals surface area contributed by atoms with Crippen LogP contribution in [0.5, 0.6) is 0 Å². The van der Waals surface area contributed by atoms with Gasteiger partial charge < -0.3 is 28.6 Å². The largest absolute Gasteiger partial charge is 0.458 e. The summed E-state index contributed by atoms with van der Waals surface area (Å²) in [5.41, 5.74) is -1.03. The molecule has 12 heteroatoms. The van der Waals surface area contributed by atoms with Crippen LogP contribution in [0.2, 0.25) is 0 Å². The Bertz CT molecular complexity index is 1600. The van der Waals surface area contributed by atoms with Crippen LogP contribution < -0.4 is 0 Å². The second-order valence-electron chi connectivity index (χ2n) is 16.6. The molecule has 5 rings (SSSR count). The van der Waals surface area contributed by atoms with Crippen molar-refractivity contribution in [1.82, 2.24) is 9.80 Å². The predicted octanol–water partition coefficient (Wildman–Crippen LogP) is 5.77. The monoisotopic (exact) mass is 751 g/mol. The third-order valence-corrected chi connectivity index (χ3v) is 12.8. The molecule has 298 valence electrons. The van der Waals surface area contributed by atoms with Gasteiger partial charge in [0.1, 0.15) is 30.0 Å². The number of aliphatic imine (C=N–C) groups is 1. The molecule has 3 fully saturated rings. The summed E-state index contributed by atoms with van der Waals surface area (Å²) in [6.07, 6.45) is -0.153. The van der Waals surface area contributed by atoms with Gasteiger partial charge in [-0.25, -0.2) is 9.59 Å². The normalized spacial score (nSPS) is 40.6. The number of esters is 2. The molecule has 1 unspecified atom stereocenters. The number of ether oxygens (including phenoxy) is 5. The Morgan fingerprint density at radius 2 is 1.74 bits per heavy atom. The molecule has 0 spiro atoms. The molecule has 3 saturated heterocycles. The first-order valence-electron chi connectivity index (χ1n) is 19.5. The van der Waals surface area contributed by atoms with Crippen LogP contribution in [0.1, 0.15) is 85.0 Å². The number of Topliss-reactive ketones (excluding diaryl/α,β-unsaturated/α-hetero) is 1. The molecule has 1 amide bonds. The lowest BCUT2D eigenvalue weighted by Crippen LogP contribution is -2.63. The van der Waals surface area contributed by atoms with Crippen LogP contribution in [0.25, 0.3) is 0 Å². The van der Waals surface area contributed by atoms with Gasteiger partial charge >= 0.3 is 18.0 Å². The maximum absolute atomic E-state index is 14.7. The number of methoxy groups -OCH3 is 1. The highest BCUT2D eigenvalue weighted by atomic mass is 16.6. The van der Waals surface area contributed by atoms with Gasteiger partial charge in [-0.3, -0.25) is 19.5 Å². The Kier molecular flexibility index (Phi) is 12.5. The highest BCUT2D eigenvalue weighted by Crippen LogP contribution is 2.47. The van der Waals surface area contributed by atoms with Crippen molar-refractivity contribution in [2.24, 2.45) is 34.6 Å². The molecule has 54 heavy (non-hydrogen) atoms. The number of hydrogen-bond donors (Lipinski definition) is 0. The first kappa shape index (κ1) is 41.6. The van der Waals surface area contributed by atoms with Crippen molar-refractivity contribution in [3.63, 3.8) is 0 Å². The minimum Gasteiger partial charge on any atom is -0.458 e. The summed E-state index contributed by atoms with van der Waals surface area (Å²) in [5, 5.41) is 0. The third-order valence-electron chi connectivity index (χ3n) is 12.8. The van der Waals surface area contributed by atoms with Gasteiger partial charge in [0.2, 0.25) is 0 Å². The summed E-state index contributed by atoms with van der Waals surface area (Å²) in [5.74, 6) is -4.75. The molecular formula is C42H61N3O9. The second kappa shape index (κ2) is 16.2. The quantitative estimate of drug-likeness (QED) is 0.146. The summed E-state index contributed by atoms with van der Waals surface area (Å²) in [6.45, 7) is 19.5. The van der Waals surface area contributed by atoms with Crippen molar-refractivity contribution in [2.75, 3.05) is 27.7 Å². The number of hydrogen-bond acceptors (Lipinski definition) is 11. The molecule has 1 aromatic rings. The Morgan fingerprint density at radius 3 is 2.33 bits per heavy atom. The van der Waals surface area contributed by atoms with Crippen LogP contribution >= 0.6 is 0 Å². The average molecular weight is 752 g/mol. The summed E-state index contributed by atoms with van der Waals surface area (Å²) >= 11 is 0. The van der Waals surface area contributed by atoms with E-state index in [1.54, 1.807) is 56.2 Å². The molecule has 0 N–H and O–H groups in total. The Morgan fingerprint density at radius 1 is 1.07 bits per heavy atom. The van der Waals surface area contributed by atoms with E-state index in [0.717, 1.165) is 5.71 Å². The van der Waals surface area contributed by atoms with Crippen molar-refractivity contribution >= 4 is 29.5 Å². The van der Waals surface area contributed by atoms with Crippen molar-refractivity contribution in [1.29, 1.82) is 0 Å². The van der Waals surface area contributed by atoms with Gasteiger partial charge in [-0.15, -0.1) is 6.58 Å². The topological polar surface area (TPSA) is 133 Å². The number of cyclic esters (lactones) is 1. The van der Waals surface area contributed by atoms with E-state index in [9.17, 15) is 19.2 Å². The van der Waals surface area contributed by atoms with E-state index < -0.39 is 77.4 Å². The van der Waals surface area contributed by atoms with Gasteiger partial charge in [0.15, 0.2) is 5.60 Å². The molecule has 0 aliphatic carbocycles. The van der Waals surface area contributed by atoms with Crippen LogP contribution in [0, 0.1) is 29.6 Å². The van der Waals surface area contributed by atoms with Gasteiger partial charge in [0.05, 0.1) is 41.9 Å². The van der Waals surface area contributed by atoms with Crippen molar-refractivity contribution in [3.05, 3.63) is 48.6 Å². The smallest absolute Gasteiger partial charge is 0.411 e. The average Bonchev–Trinajstić information content (AvgIpc) is 3.30. The summed E-state index contributed by atoms with van der Waals surface area (Å²) in [6, 6.07) is 7.58. The van der Waals surface area contributed by atoms with Gasteiger partial charge in [-0.05, 0) is 79.1 Å². The van der Waals surface area contributed by atoms with E-state index in [4.69, 9.17) is 28.7 Å². The van der Waals surface area contributed by atoms with E-state index in [2.05, 4.69) is 13.5 Å². The summed E-state index contributed by atoms with van der Waals surface area (Å²) in [7, 11) is 5.52. The molecular weight excluding hydrogens is 690 g/mol. The molecule has 0 saturated carbocycles. The van der Waals surface area contributed by atoms with E-state index in [0.29, 0.717) is 24.8 Å². The molecule has 4 heterocycles. The number of carbonyl (C=O) groups is 4. The summed E-state index contributed by atoms with van der Waals surface area (Å²) < 4.78 is 32.2. The minimum atomic E-state index is -1.23.